The van der Waals surface area contributed by atoms with Gasteiger partial charge in [0.15, 0.2) is 15.8 Å². The zero-order valence-electron chi connectivity index (χ0n) is 18.2. The number of sulfone groups is 1. The molecule has 1 amide bonds. The van der Waals surface area contributed by atoms with E-state index in [1.165, 1.54) is 24.1 Å². The van der Waals surface area contributed by atoms with E-state index in [0.717, 1.165) is 0 Å². The zero-order chi connectivity index (χ0) is 23.2. The van der Waals surface area contributed by atoms with Gasteiger partial charge >= 0.3 is 0 Å². The molecule has 2 aromatic carbocycles. The number of hydrogen-bond acceptors (Lipinski definition) is 5. The van der Waals surface area contributed by atoms with Crippen LogP contribution in [0.25, 0.3) is 0 Å². The number of likely N-dealkylation sites (N-methyl/N-ethyl adjacent to an activating group) is 1. The molecule has 2 N–H and O–H groups in total. The molecule has 0 radical (unpaired) electrons. The van der Waals surface area contributed by atoms with E-state index in [2.05, 4.69) is 11.4 Å². The predicted molar refractivity (Wildman–Crippen MR) is 118 cm³/mol. The van der Waals surface area contributed by atoms with E-state index in [4.69, 9.17) is 5.41 Å². The van der Waals surface area contributed by atoms with Gasteiger partial charge in [-0.3, -0.25) is 15.1 Å². The summed E-state index contributed by atoms with van der Waals surface area (Å²) in [5, 5.41) is 20.6. The van der Waals surface area contributed by atoms with Crippen LogP contribution in [0.1, 0.15) is 50.3 Å². The van der Waals surface area contributed by atoms with Crippen LogP contribution in [0, 0.1) is 16.7 Å². The Morgan fingerprint density at radius 3 is 2.32 bits per heavy atom. The fraction of sp³-hybridized carbons (Fsp3) is 0.348. The molecule has 0 saturated carbocycles. The maximum Gasteiger partial charge on any atom is 0.239 e. The summed E-state index contributed by atoms with van der Waals surface area (Å²) in [6.45, 7) is 6.74. The van der Waals surface area contributed by atoms with Crippen LogP contribution in [0.3, 0.4) is 0 Å². The topological polar surface area (TPSA) is 114 Å². The summed E-state index contributed by atoms with van der Waals surface area (Å²) in [7, 11) is -2.01. The lowest BCUT2D eigenvalue weighted by molar-refractivity contribution is -0.131. The van der Waals surface area contributed by atoms with Gasteiger partial charge in [0, 0.05) is 7.05 Å². The maximum atomic E-state index is 13.3. The molecule has 0 aliphatic carbocycles. The van der Waals surface area contributed by atoms with E-state index in [-0.39, 0.29) is 16.8 Å². The third-order valence-corrected chi connectivity index (χ3v) is 8.29. The first-order chi connectivity index (χ1) is 14.3. The van der Waals surface area contributed by atoms with Crippen molar-refractivity contribution in [2.45, 2.75) is 48.8 Å². The Bertz CT molecular complexity index is 1190. The molecule has 0 spiro atoms. The van der Waals surface area contributed by atoms with Crippen LogP contribution in [0.2, 0.25) is 0 Å². The van der Waals surface area contributed by atoms with Crippen LogP contribution < -0.4 is 5.32 Å². The van der Waals surface area contributed by atoms with E-state index >= 15 is 0 Å². The van der Waals surface area contributed by atoms with Gasteiger partial charge in [0.25, 0.3) is 0 Å². The second kappa shape index (κ2) is 7.50. The van der Waals surface area contributed by atoms with Crippen molar-refractivity contribution in [1.82, 2.24) is 10.2 Å². The van der Waals surface area contributed by atoms with E-state index in [1.54, 1.807) is 51.1 Å². The second-order valence-corrected chi connectivity index (χ2v) is 11.6. The number of rotatable bonds is 3. The van der Waals surface area contributed by atoms with Crippen LogP contribution in [-0.4, -0.2) is 37.0 Å². The van der Waals surface area contributed by atoms with E-state index in [1.807, 2.05) is 13.0 Å². The first-order valence-electron chi connectivity index (χ1n) is 9.82. The van der Waals surface area contributed by atoms with Crippen LogP contribution >= 0.6 is 0 Å². The van der Waals surface area contributed by atoms with Crippen molar-refractivity contribution in [3.05, 3.63) is 65.2 Å². The Hall–Kier alpha value is -3.18. The fourth-order valence-electron chi connectivity index (χ4n) is 3.77. The van der Waals surface area contributed by atoms with Crippen molar-refractivity contribution in [2.24, 2.45) is 0 Å². The molecule has 1 saturated heterocycles. The Balaban J connectivity index is 2.14. The lowest BCUT2D eigenvalue weighted by atomic mass is 9.73. The number of nitrogens with zero attached hydrogens (tertiary/aromatic N) is 2. The van der Waals surface area contributed by atoms with Gasteiger partial charge in [-0.05, 0) is 63.1 Å². The standard InChI is InChI=1S/C23H26N4O3S/c1-22(2,3)31(29,30)18-11-9-16(10-12-18)19-20(28)27(5)21(25)26-23(19,4)17-8-6-7-15(13-17)14-24/h6-13,19H,1-5H3,(H2,25,26)/t19-,23+/m0/s1. The van der Waals surface area contributed by atoms with Gasteiger partial charge in [-0.25, -0.2) is 8.42 Å². The van der Waals surface area contributed by atoms with Crippen molar-refractivity contribution in [2.75, 3.05) is 7.05 Å². The predicted octanol–water partition coefficient (Wildman–Crippen LogP) is 3.13. The third-order valence-electron chi connectivity index (χ3n) is 5.79. The average molecular weight is 439 g/mol. The van der Waals surface area contributed by atoms with Crippen molar-refractivity contribution in [3.8, 4) is 6.07 Å². The molecule has 7 nitrogen and oxygen atoms in total. The van der Waals surface area contributed by atoms with Crippen molar-refractivity contribution in [1.29, 1.82) is 10.7 Å². The summed E-state index contributed by atoms with van der Waals surface area (Å²) in [6.07, 6.45) is 0. The highest BCUT2D eigenvalue weighted by atomic mass is 32.2. The zero-order valence-corrected chi connectivity index (χ0v) is 19.0. The minimum absolute atomic E-state index is 0.0435. The summed E-state index contributed by atoms with van der Waals surface area (Å²) >= 11 is 0. The Morgan fingerprint density at radius 2 is 1.77 bits per heavy atom. The number of hydrogen-bond donors (Lipinski definition) is 2. The van der Waals surface area contributed by atoms with Gasteiger partial charge in [-0.2, -0.15) is 5.26 Å². The monoisotopic (exact) mass is 438 g/mol. The molecule has 0 bridgehead atoms. The number of carbonyl (C=O) groups excluding carboxylic acids is 1. The van der Waals surface area contributed by atoms with Crippen molar-refractivity contribution >= 4 is 21.7 Å². The molecule has 2 aromatic rings. The normalized spacial score (nSPS) is 22.1. The summed E-state index contributed by atoms with van der Waals surface area (Å²) < 4.78 is 24.6. The number of carbonyl (C=O) groups is 1. The number of amides is 1. The van der Waals surface area contributed by atoms with E-state index in [0.29, 0.717) is 16.7 Å². The summed E-state index contributed by atoms with van der Waals surface area (Å²) in [4.78, 5) is 14.7. The molecule has 1 aliphatic heterocycles. The highest BCUT2D eigenvalue weighted by Crippen LogP contribution is 2.41. The van der Waals surface area contributed by atoms with Crippen molar-refractivity contribution < 1.29 is 13.2 Å². The van der Waals surface area contributed by atoms with E-state index < -0.39 is 26.0 Å². The molecule has 1 fully saturated rings. The van der Waals surface area contributed by atoms with Crippen molar-refractivity contribution in [3.63, 3.8) is 0 Å². The Morgan fingerprint density at radius 1 is 1.16 bits per heavy atom. The van der Waals surface area contributed by atoms with Gasteiger partial charge < -0.3 is 5.32 Å². The first kappa shape index (κ1) is 22.5. The SMILES string of the molecule is CN1C(=N)N[C@](C)(c2cccc(C#N)c2)[C@@H](c2ccc(S(=O)(=O)C(C)(C)C)cc2)C1=O. The van der Waals surface area contributed by atoms with Crippen LogP contribution in [0.4, 0.5) is 0 Å². The molecule has 1 heterocycles. The number of nitriles is 1. The highest BCUT2D eigenvalue weighted by molar-refractivity contribution is 7.92. The number of benzene rings is 2. The molecule has 0 unspecified atom stereocenters. The minimum atomic E-state index is -3.53. The second-order valence-electron chi connectivity index (χ2n) is 8.88. The Labute approximate surface area is 183 Å². The maximum absolute atomic E-state index is 13.3. The van der Waals surface area contributed by atoms with Crippen LogP contribution in [0.5, 0.6) is 0 Å². The number of guanidine groups is 1. The lowest BCUT2D eigenvalue weighted by Crippen LogP contribution is -2.62. The molecule has 1 aliphatic rings. The molecule has 162 valence electrons. The molecule has 8 heteroatoms. The molecule has 0 aromatic heterocycles. The van der Waals surface area contributed by atoms with Crippen LogP contribution in [0.15, 0.2) is 53.4 Å². The van der Waals surface area contributed by atoms with Gasteiger partial charge in [-0.15, -0.1) is 0 Å². The summed E-state index contributed by atoms with van der Waals surface area (Å²) in [5.74, 6) is -1.06. The summed E-state index contributed by atoms with van der Waals surface area (Å²) in [5.41, 5.74) is 0.755. The molecule has 2 atom stereocenters. The molecule has 3 rings (SSSR count). The molecule has 31 heavy (non-hydrogen) atoms. The largest absolute Gasteiger partial charge is 0.346 e. The lowest BCUT2D eigenvalue weighted by Gasteiger charge is -2.46. The minimum Gasteiger partial charge on any atom is -0.346 e. The molecular weight excluding hydrogens is 412 g/mol. The average Bonchev–Trinajstić information content (AvgIpc) is 2.72. The smallest absolute Gasteiger partial charge is 0.239 e. The summed E-state index contributed by atoms with van der Waals surface area (Å²) in [6, 6.07) is 15.4. The van der Waals surface area contributed by atoms with Gasteiger partial charge in [0.2, 0.25) is 5.91 Å². The van der Waals surface area contributed by atoms with E-state index in [9.17, 15) is 18.5 Å². The van der Waals surface area contributed by atoms with Gasteiger partial charge in [0.05, 0.1) is 32.7 Å². The van der Waals surface area contributed by atoms with Crippen LogP contribution in [-0.2, 0) is 20.2 Å². The fourth-order valence-corrected chi connectivity index (χ4v) is 4.97. The first-order valence-corrected chi connectivity index (χ1v) is 11.3. The molecular formula is C23H26N4O3S. The number of nitrogens with one attached hydrogen (secondary N) is 2. The quantitative estimate of drug-likeness (QED) is 0.764. The third kappa shape index (κ3) is 3.70. The Kier molecular flexibility index (Phi) is 5.45. The van der Waals surface area contributed by atoms with Gasteiger partial charge in [0.1, 0.15) is 0 Å². The van der Waals surface area contributed by atoms with Gasteiger partial charge in [-0.1, -0.05) is 24.3 Å². The highest BCUT2D eigenvalue weighted by Gasteiger charge is 2.48.